The van der Waals surface area contributed by atoms with Crippen molar-refractivity contribution in [2.75, 3.05) is 20.1 Å². The number of hydrogen-bond acceptors (Lipinski definition) is 2. The highest BCUT2D eigenvalue weighted by molar-refractivity contribution is 6.47. The summed E-state index contributed by atoms with van der Waals surface area (Å²) in [4.78, 5) is 2.10. The lowest BCUT2D eigenvalue weighted by molar-refractivity contribution is 0.173. The molecule has 0 radical (unpaired) electrons. The van der Waals surface area contributed by atoms with Crippen LogP contribution in [0.2, 0.25) is 0 Å². The van der Waals surface area contributed by atoms with E-state index in [1.807, 2.05) is 14.0 Å². The lowest BCUT2D eigenvalue weighted by atomic mass is 10.1. The Morgan fingerprint density at radius 3 is 2.17 bits per heavy atom. The second-order valence-corrected chi connectivity index (χ2v) is 5.06. The first-order valence-electron chi connectivity index (χ1n) is 4.34. The number of likely N-dealkylation sites (tertiary alicyclic amines) is 1. The zero-order valence-corrected chi connectivity index (χ0v) is 9.12. The molecule has 1 heterocycles. The van der Waals surface area contributed by atoms with Crippen LogP contribution in [0.1, 0.15) is 19.8 Å². The van der Waals surface area contributed by atoms with E-state index in [4.69, 9.17) is 23.2 Å². The fraction of sp³-hybridized carbons (Fsp3) is 1.00. The molecule has 0 bridgehead atoms. The van der Waals surface area contributed by atoms with Crippen molar-refractivity contribution in [2.24, 2.45) is 0 Å². The van der Waals surface area contributed by atoms with Gasteiger partial charge in [-0.25, -0.2) is 0 Å². The topological polar surface area (TPSA) is 15.3 Å². The van der Waals surface area contributed by atoms with E-state index in [1.165, 1.54) is 0 Å². The molecule has 1 saturated heterocycles. The average molecular weight is 211 g/mol. The Kier molecular flexibility index (Phi) is 3.65. The second kappa shape index (κ2) is 4.14. The molecule has 0 aromatic heterocycles. The Labute approximate surface area is 84.2 Å². The molecule has 0 aromatic carbocycles. The number of alkyl halides is 2. The Morgan fingerprint density at radius 1 is 1.33 bits per heavy atom. The summed E-state index contributed by atoms with van der Waals surface area (Å²) in [5, 5.41) is 3.26. The fourth-order valence-corrected chi connectivity index (χ4v) is 1.90. The van der Waals surface area contributed by atoms with E-state index in [9.17, 15) is 0 Å². The molecule has 1 aliphatic rings. The van der Waals surface area contributed by atoms with Crippen molar-refractivity contribution in [3.05, 3.63) is 0 Å². The van der Waals surface area contributed by atoms with Crippen molar-refractivity contribution in [3.63, 3.8) is 0 Å². The number of piperidine rings is 1. The van der Waals surface area contributed by atoms with Crippen molar-refractivity contribution in [3.8, 4) is 0 Å². The first-order valence-corrected chi connectivity index (χ1v) is 5.10. The molecule has 0 saturated carbocycles. The summed E-state index contributed by atoms with van der Waals surface area (Å²) in [6.45, 7) is 3.79. The summed E-state index contributed by atoms with van der Waals surface area (Å²) >= 11 is 11.9. The Morgan fingerprint density at radius 2 is 1.83 bits per heavy atom. The molecule has 0 unspecified atom stereocenters. The number of halogens is 2. The minimum Gasteiger partial charge on any atom is -0.317 e. The fourth-order valence-electron chi connectivity index (χ4n) is 1.56. The van der Waals surface area contributed by atoms with Gasteiger partial charge in [-0.3, -0.25) is 4.90 Å². The van der Waals surface area contributed by atoms with E-state index in [-0.39, 0.29) is 0 Å². The predicted octanol–water partition coefficient (Wildman–Crippen LogP) is 1.82. The molecule has 1 aliphatic heterocycles. The summed E-state index contributed by atoms with van der Waals surface area (Å²) in [6.07, 6.45) is 2.26. The summed E-state index contributed by atoms with van der Waals surface area (Å²) in [5.74, 6) is 0. The molecule has 2 nitrogen and oxygen atoms in total. The van der Waals surface area contributed by atoms with Crippen LogP contribution in [-0.4, -0.2) is 35.5 Å². The maximum Gasteiger partial charge on any atom is 0.168 e. The normalized spacial score (nSPS) is 23.0. The Balaban J connectivity index is 2.36. The maximum atomic E-state index is 5.97. The van der Waals surface area contributed by atoms with Crippen molar-refractivity contribution in [1.29, 1.82) is 0 Å². The standard InChI is InChI=1S/C8H16Cl2N2/c1-8(9,10)12-5-3-7(11-2)4-6-12/h7,11H,3-6H2,1-2H3. The molecule has 0 amide bonds. The molecule has 72 valence electrons. The molecule has 1 N–H and O–H groups in total. The van der Waals surface area contributed by atoms with Crippen molar-refractivity contribution in [2.45, 2.75) is 30.3 Å². The molecule has 0 aromatic rings. The number of hydrogen-bond donors (Lipinski definition) is 1. The van der Waals surface area contributed by atoms with E-state index >= 15 is 0 Å². The summed E-state index contributed by atoms with van der Waals surface area (Å²) in [6, 6.07) is 0.636. The number of nitrogens with zero attached hydrogens (tertiary/aromatic N) is 1. The van der Waals surface area contributed by atoms with Crippen LogP contribution in [0.15, 0.2) is 0 Å². The molecule has 1 fully saturated rings. The van der Waals surface area contributed by atoms with Crippen LogP contribution in [0, 0.1) is 0 Å². The summed E-state index contributed by atoms with van der Waals surface area (Å²) in [5.41, 5.74) is 0. The lowest BCUT2D eigenvalue weighted by Crippen LogP contribution is -2.47. The summed E-state index contributed by atoms with van der Waals surface area (Å²) in [7, 11) is 2.00. The largest absolute Gasteiger partial charge is 0.317 e. The van der Waals surface area contributed by atoms with Gasteiger partial charge < -0.3 is 5.32 Å². The SMILES string of the molecule is CNC1CCN(C(C)(Cl)Cl)CC1. The maximum absolute atomic E-state index is 5.97. The number of nitrogens with one attached hydrogen (secondary N) is 1. The van der Waals surface area contributed by atoms with Gasteiger partial charge in [-0.15, -0.1) is 0 Å². The van der Waals surface area contributed by atoms with E-state index in [1.54, 1.807) is 0 Å². The highest BCUT2D eigenvalue weighted by Crippen LogP contribution is 2.28. The van der Waals surface area contributed by atoms with Gasteiger partial charge in [0.2, 0.25) is 0 Å². The quantitative estimate of drug-likeness (QED) is 0.553. The van der Waals surface area contributed by atoms with Crippen molar-refractivity contribution in [1.82, 2.24) is 10.2 Å². The van der Waals surface area contributed by atoms with E-state index in [2.05, 4.69) is 10.2 Å². The van der Waals surface area contributed by atoms with Crippen LogP contribution in [0.3, 0.4) is 0 Å². The molecule has 0 aliphatic carbocycles. The molecule has 1 rings (SSSR count). The van der Waals surface area contributed by atoms with E-state index < -0.39 is 4.46 Å². The zero-order valence-electron chi connectivity index (χ0n) is 7.61. The van der Waals surface area contributed by atoms with Gasteiger partial charge in [0.25, 0.3) is 0 Å². The highest BCUT2D eigenvalue weighted by Gasteiger charge is 2.29. The predicted molar refractivity (Wildman–Crippen MR) is 53.8 cm³/mol. The average Bonchev–Trinajstić information content (AvgIpc) is 2.03. The van der Waals surface area contributed by atoms with Gasteiger partial charge in [0.1, 0.15) is 0 Å². The first-order chi connectivity index (χ1) is 5.54. The minimum absolute atomic E-state index is 0.636. The molecular weight excluding hydrogens is 195 g/mol. The van der Waals surface area contributed by atoms with Gasteiger partial charge in [0, 0.05) is 19.1 Å². The van der Waals surface area contributed by atoms with Crippen LogP contribution < -0.4 is 5.32 Å². The molecule has 12 heavy (non-hydrogen) atoms. The smallest absolute Gasteiger partial charge is 0.168 e. The van der Waals surface area contributed by atoms with Crippen LogP contribution in [-0.2, 0) is 0 Å². The third-order valence-electron chi connectivity index (χ3n) is 2.46. The van der Waals surface area contributed by atoms with Gasteiger partial charge in [0.05, 0.1) is 0 Å². The van der Waals surface area contributed by atoms with Crippen LogP contribution >= 0.6 is 23.2 Å². The van der Waals surface area contributed by atoms with Crippen LogP contribution in [0.4, 0.5) is 0 Å². The number of rotatable bonds is 2. The molecular formula is C8H16Cl2N2. The van der Waals surface area contributed by atoms with Crippen molar-refractivity contribution < 1.29 is 0 Å². The molecule has 0 spiro atoms. The monoisotopic (exact) mass is 210 g/mol. The molecule has 0 atom stereocenters. The second-order valence-electron chi connectivity index (χ2n) is 3.39. The Bertz CT molecular complexity index is 136. The van der Waals surface area contributed by atoms with Gasteiger partial charge in [-0.1, -0.05) is 23.2 Å². The third kappa shape index (κ3) is 2.77. The van der Waals surface area contributed by atoms with E-state index in [0.717, 1.165) is 25.9 Å². The zero-order chi connectivity index (χ0) is 9.19. The van der Waals surface area contributed by atoms with Gasteiger partial charge in [-0.2, -0.15) is 0 Å². The van der Waals surface area contributed by atoms with Crippen LogP contribution in [0.5, 0.6) is 0 Å². The van der Waals surface area contributed by atoms with E-state index in [0.29, 0.717) is 6.04 Å². The van der Waals surface area contributed by atoms with Gasteiger partial charge >= 0.3 is 0 Å². The van der Waals surface area contributed by atoms with Gasteiger partial charge in [-0.05, 0) is 26.8 Å². The molecule has 4 heteroatoms. The lowest BCUT2D eigenvalue weighted by Gasteiger charge is -2.37. The van der Waals surface area contributed by atoms with Crippen LogP contribution in [0.25, 0.3) is 0 Å². The Hall–Kier alpha value is 0.500. The highest BCUT2D eigenvalue weighted by atomic mass is 35.5. The summed E-state index contributed by atoms with van der Waals surface area (Å²) < 4.78 is -0.696. The van der Waals surface area contributed by atoms with Gasteiger partial charge in [0.15, 0.2) is 4.46 Å². The first kappa shape index (κ1) is 10.6. The third-order valence-corrected chi connectivity index (χ3v) is 2.94. The minimum atomic E-state index is -0.696. The van der Waals surface area contributed by atoms with Crippen molar-refractivity contribution >= 4 is 23.2 Å².